The predicted molar refractivity (Wildman–Crippen MR) is 108 cm³/mol. The summed E-state index contributed by atoms with van der Waals surface area (Å²) in [5.74, 6) is 0.356. The zero-order chi connectivity index (χ0) is 20.0. The normalized spacial score (nSPS) is 15.2. The van der Waals surface area contributed by atoms with Gasteiger partial charge in [-0.1, -0.05) is 36.8 Å². The van der Waals surface area contributed by atoms with Gasteiger partial charge in [-0.3, -0.25) is 4.79 Å². The summed E-state index contributed by atoms with van der Waals surface area (Å²) in [5.41, 5.74) is 1.19. The lowest BCUT2D eigenvalue weighted by Crippen LogP contribution is -2.37. The Labute approximate surface area is 166 Å². The van der Waals surface area contributed by atoms with Crippen LogP contribution in [0.1, 0.15) is 35.2 Å². The van der Waals surface area contributed by atoms with Crippen molar-refractivity contribution in [3.8, 4) is 5.75 Å². The maximum absolute atomic E-state index is 13.0. The van der Waals surface area contributed by atoms with Gasteiger partial charge in [-0.2, -0.15) is 4.31 Å². The monoisotopic (exact) mass is 402 g/mol. The number of hydrogen-bond acceptors (Lipinski definition) is 4. The SMILES string of the molecule is Cc1ccccc1OCCNC(=O)c1ccccc1S(=O)(=O)N1CCCCC1. The molecule has 1 aliphatic rings. The number of sulfonamides is 1. The first-order valence-electron chi connectivity index (χ1n) is 9.56. The average Bonchev–Trinajstić information content (AvgIpc) is 2.73. The van der Waals surface area contributed by atoms with Crippen molar-refractivity contribution in [3.63, 3.8) is 0 Å². The second kappa shape index (κ2) is 9.21. The van der Waals surface area contributed by atoms with Gasteiger partial charge in [0.2, 0.25) is 10.0 Å². The highest BCUT2D eigenvalue weighted by molar-refractivity contribution is 7.89. The van der Waals surface area contributed by atoms with E-state index in [-0.39, 0.29) is 17.0 Å². The molecule has 0 saturated carbocycles. The Morgan fingerprint density at radius 2 is 1.71 bits per heavy atom. The van der Waals surface area contributed by atoms with Gasteiger partial charge in [-0.25, -0.2) is 8.42 Å². The molecule has 1 amide bonds. The van der Waals surface area contributed by atoms with Crippen molar-refractivity contribution < 1.29 is 17.9 Å². The van der Waals surface area contributed by atoms with Crippen LogP contribution in [0, 0.1) is 6.92 Å². The number of nitrogens with zero attached hydrogens (tertiary/aromatic N) is 1. The third-order valence-corrected chi connectivity index (χ3v) is 6.76. The lowest BCUT2D eigenvalue weighted by molar-refractivity contribution is 0.0943. The minimum absolute atomic E-state index is 0.0641. The molecule has 6 nitrogen and oxygen atoms in total. The number of para-hydroxylation sites is 1. The number of carbonyl (C=O) groups excluding carboxylic acids is 1. The van der Waals surface area contributed by atoms with Crippen molar-refractivity contribution in [1.29, 1.82) is 0 Å². The highest BCUT2D eigenvalue weighted by Gasteiger charge is 2.29. The van der Waals surface area contributed by atoms with Crippen molar-refractivity contribution in [2.24, 2.45) is 0 Å². The van der Waals surface area contributed by atoms with Gasteiger partial charge in [-0.15, -0.1) is 0 Å². The van der Waals surface area contributed by atoms with Crippen LogP contribution in [-0.2, 0) is 10.0 Å². The average molecular weight is 403 g/mol. The summed E-state index contributed by atoms with van der Waals surface area (Å²) in [7, 11) is -3.68. The van der Waals surface area contributed by atoms with Crippen molar-refractivity contribution in [3.05, 3.63) is 59.7 Å². The second-order valence-electron chi connectivity index (χ2n) is 6.83. The van der Waals surface area contributed by atoms with Crippen LogP contribution in [0.25, 0.3) is 0 Å². The van der Waals surface area contributed by atoms with E-state index in [4.69, 9.17) is 4.74 Å². The molecule has 0 radical (unpaired) electrons. The molecule has 3 rings (SSSR count). The van der Waals surface area contributed by atoms with Crippen molar-refractivity contribution in [1.82, 2.24) is 9.62 Å². The van der Waals surface area contributed by atoms with Gasteiger partial charge in [0.15, 0.2) is 0 Å². The Kier molecular flexibility index (Phi) is 6.70. The number of nitrogens with one attached hydrogen (secondary N) is 1. The largest absolute Gasteiger partial charge is 0.491 e. The van der Waals surface area contributed by atoms with Gasteiger partial charge in [0.05, 0.1) is 17.0 Å². The molecular formula is C21H26N2O4S. The molecule has 0 spiro atoms. The molecule has 2 aromatic carbocycles. The minimum Gasteiger partial charge on any atom is -0.491 e. The van der Waals surface area contributed by atoms with E-state index in [1.165, 1.54) is 10.4 Å². The number of amides is 1. The van der Waals surface area contributed by atoms with Gasteiger partial charge in [0, 0.05) is 13.1 Å². The Hall–Kier alpha value is -2.38. The van der Waals surface area contributed by atoms with E-state index >= 15 is 0 Å². The molecule has 1 N–H and O–H groups in total. The van der Waals surface area contributed by atoms with Gasteiger partial charge in [-0.05, 0) is 43.5 Å². The molecule has 1 heterocycles. The number of benzene rings is 2. The van der Waals surface area contributed by atoms with Gasteiger partial charge < -0.3 is 10.1 Å². The molecule has 1 aliphatic heterocycles. The molecule has 150 valence electrons. The number of rotatable bonds is 7. The third kappa shape index (κ3) is 4.72. The number of piperidine rings is 1. The first kappa shape index (κ1) is 20.4. The molecule has 28 heavy (non-hydrogen) atoms. The highest BCUT2D eigenvalue weighted by atomic mass is 32.2. The van der Waals surface area contributed by atoms with Gasteiger partial charge in [0.25, 0.3) is 5.91 Å². The smallest absolute Gasteiger partial charge is 0.252 e. The summed E-state index contributed by atoms with van der Waals surface area (Å²) in [6.45, 7) is 3.55. The van der Waals surface area contributed by atoms with Crippen LogP contribution in [0.15, 0.2) is 53.4 Å². The zero-order valence-corrected chi connectivity index (χ0v) is 16.9. The van der Waals surface area contributed by atoms with Crippen LogP contribution in [0.2, 0.25) is 0 Å². The summed E-state index contributed by atoms with van der Waals surface area (Å²) >= 11 is 0. The molecule has 0 bridgehead atoms. The standard InChI is InChI=1S/C21H26N2O4S/c1-17-9-3-5-11-19(17)27-16-13-22-21(24)18-10-4-6-12-20(18)28(25,26)23-14-7-2-8-15-23/h3-6,9-12H,2,7-8,13-16H2,1H3,(H,22,24). The van der Waals surface area contributed by atoms with Crippen LogP contribution in [0.3, 0.4) is 0 Å². The maximum Gasteiger partial charge on any atom is 0.252 e. The first-order valence-corrected chi connectivity index (χ1v) is 11.0. The number of carbonyl (C=O) groups is 1. The Balaban J connectivity index is 1.65. The molecule has 0 aromatic heterocycles. The van der Waals surface area contributed by atoms with Crippen molar-refractivity contribution >= 4 is 15.9 Å². The van der Waals surface area contributed by atoms with E-state index in [2.05, 4.69) is 5.32 Å². The molecule has 2 aromatic rings. The highest BCUT2D eigenvalue weighted by Crippen LogP contribution is 2.23. The fraction of sp³-hybridized carbons (Fsp3) is 0.381. The molecular weight excluding hydrogens is 376 g/mol. The third-order valence-electron chi connectivity index (χ3n) is 4.80. The predicted octanol–water partition coefficient (Wildman–Crippen LogP) is 2.98. The van der Waals surface area contributed by atoms with Gasteiger partial charge in [0.1, 0.15) is 12.4 Å². The topological polar surface area (TPSA) is 75.7 Å². The van der Waals surface area contributed by atoms with E-state index in [9.17, 15) is 13.2 Å². The molecule has 0 atom stereocenters. The van der Waals surface area contributed by atoms with Crippen LogP contribution < -0.4 is 10.1 Å². The summed E-state index contributed by atoms with van der Waals surface area (Å²) in [5, 5.41) is 2.76. The fourth-order valence-corrected chi connectivity index (χ4v) is 4.97. The van der Waals surface area contributed by atoms with E-state index < -0.39 is 15.9 Å². The van der Waals surface area contributed by atoms with E-state index in [0.717, 1.165) is 30.6 Å². The molecule has 0 unspecified atom stereocenters. The molecule has 7 heteroatoms. The number of hydrogen-bond donors (Lipinski definition) is 1. The Bertz CT molecular complexity index is 922. The number of ether oxygens (including phenoxy) is 1. The lowest BCUT2D eigenvalue weighted by Gasteiger charge is -2.26. The minimum atomic E-state index is -3.68. The van der Waals surface area contributed by atoms with Crippen LogP contribution in [0.4, 0.5) is 0 Å². The van der Waals surface area contributed by atoms with E-state index in [1.54, 1.807) is 18.2 Å². The quantitative estimate of drug-likeness (QED) is 0.723. The van der Waals surface area contributed by atoms with Crippen LogP contribution in [0.5, 0.6) is 5.75 Å². The summed E-state index contributed by atoms with van der Waals surface area (Å²) in [6, 6.07) is 14.0. The Morgan fingerprint density at radius 1 is 1.04 bits per heavy atom. The summed E-state index contributed by atoms with van der Waals surface area (Å²) in [6.07, 6.45) is 2.74. The maximum atomic E-state index is 13.0. The van der Waals surface area contributed by atoms with Gasteiger partial charge >= 0.3 is 0 Å². The summed E-state index contributed by atoms with van der Waals surface area (Å²) < 4.78 is 33.1. The van der Waals surface area contributed by atoms with E-state index in [1.807, 2.05) is 31.2 Å². The van der Waals surface area contributed by atoms with Crippen LogP contribution in [-0.4, -0.2) is 44.9 Å². The molecule has 1 fully saturated rings. The number of aryl methyl sites for hydroxylation is 1. The van der Waals surface area contributed by atoms with Crippen molar-refractivity contribution in [2.45, 2.75) is 31.1 Å². The zero-order valence-electron chi connectivity index (χ0n) is 16.1. The molecule has 1 saturated heterocycles. The lowest BCUT2D eigenvalue weighted by atomic mass is 10.2. The second-order valence-corrected chi connectivity index (χ2v) is 8.74. The van der Waals surface area contributed by atoms with Crippen molar-refractivity contribution in [2.75, 3.05) is 26.2 Å². The van der Waals surface area contributed by atoms with E-state index in [0.29, 0.717) is 19.7 Å². The molecule has 0 aliphatic carbocycles. The summed E-state index contributed by atoms with van der Waals surface area (Å²) in [4.78, 5) is 12.7. The Morgan fingerprint density at radius 3 is 2.46 bits per heavy atom. The van der Waals surface area contributed by atoms with Crippen LogP contribution >= 0.6 is 0 Å². The first-order chi connectivity index (χ1) is 13.5. The fourth-order valence-electron chi connectivity index (χ4n) is 3.26.